The van der Waals surface area contributed by atoms with Crippen LogP contribution in [0, 0.1) is 0 Å². The molecule has 3 nitrogen and oxygen atoms in total. The van der Waals surface area contributed by atoms with Crippen LogP contribution in [0.15, 0.2) is 24.4 Å². The van der Waals surface area contributed by atoms with Gasteiger partial charge in [0.1, 0.15) is 5.60 Å². The van der Waals surface area contributed by atoms with Gasteiger partial charge in [0.2, 0.25) is 0 Å². The Labute approximate surface area is 84.0 Å². The molecular weight excluding hydrogens is 176 g/mol. The molecule has 0 saturated heterocycles. The molecule has 14 heavy (non-hydrogen) atoms. The van der Waals surface area contributed by atoms with Crippen LogP contribution in [0.3, 0.4) is 0 Å². The summed E-state index contributed by atoms with van der Waals surface area (Å²) >= 11 is 0. The Bertz CT molecular complexity index is 301. The quantitative estimate of drug-likeness (QED) is 0.702. The van der Waals surface area contributed by atoms with Crippen molar-refractivity contribution in [2.24, 2.45) is 5.73 Å². The molecule has 2 rings (SSSR count). The van der Waals surface area contributed by atoms with E-state index in [9.17, 15) is 5.11 Å². The second-order valence-electron chi connectivity index (χ2n) is 3.99. The van der Waals surface area contributed by atoms with Crippen LogP contribution in [0.2, 0.25) is 0 Å². The fourth-order valence-electron chi connectivity index (χ4n) is 2.12. The van der Waals surface area contributed by atoms with Crippen molar-refractivity contribution >= 4 is 0 Å². The van der Waals surface area contributed by atoms with Gasteiger partial charge in [-0.05, 0) is 25.0 Å². The minimum absolute atomic E-state index is 0.175. The second kappa shape index (κ2) is 3.67. The first-order chi connectivity index (χ1) is 6.73. The highest BCUT2D eigenvalue weighted by atomic mass is 16.3. The molecule has 1 heterocycles. The van der Waals surface area contributed by atoms with E-state index in [1.54, 1.807) is 6.20 Å². The fourth-order valence-corrected chi connectivity index (χ4v) is 2.12. The fraction of sp³-hybridized carbons (Fsp3) is 0.545. The summed E-state index contributed by atoms with van der Waals surface area (Å²) in [4.78, 5) is 4.19. The topological polar surface area (TPSA) is 59.1 Å². The Morgan fingerprint density at radius 3 is 2.93 bits per heavy atom. The van der Waals surface area contributed by atoms with E-state index in [1.807, 2.05) is 18.2 Å². The Balaban J connectivity index is 2.30. The van der Waals surface area contributed by atoms with Gasteiger partial charge in [0.25, 0.3) is 0 Å². The SMILES string of the molecule is NC1CCCCC1(O)c1ccccn1. The highest BCUT2D eigenvalue weighted by Crippen LogP contribution is 2.34. The van der Waals surface area contributed by atoms with E-state index in [2.05, 4.69) is 4.98 Å². The average molecular weight is 192 g/mol. The Hall–Kier alpha value is -0.930. The van der Waals surface area contributed by atoms with Crippen LogP contribution in [0.5, 0.6) is 0 Å². The summed E-state index contributed by atoms with van der Waals surface area (Å²) < 4.78 is 0. The van der Waals surface area contributed by atoms with E-state index >= 15 is 0 Å². The highest BCUT2D eigenvalue weighted by Gasteiger charge is 2.39. The smallest absolute Gasteiger partial charge is 0.121 e. The summed E-state index contributed by atoms with van der Waals surface area (Å²) in [6.45, 7) is 0. The lowest BCUT2D eigenvalue weighted by atomic mass is 9.78. The summed E-state index contributed by atoms with van der Waals surface area (Å²) in [5, 5.41) is 10.4. The number of hydrogen-bond donors (Lipinski definition) is 2. The summed E-state index contributed by atoms with van der Waals surface area (Å²) in [6.07, 6.45) is 5.45. The van der Waals surface area contributed by atoms with Gasteiger partial charge < -0.3 is 10.8 Å². The van der Waals surface area contributed by atoms with Crippen LogP contribution in [0.4, 0.5) is 0 Å². The largest absolute Gasteiger partial charge is 0.382 e. The number of nitrogens with zero attached hydrogens (tertiary/aromatic N) is 1. The third-order valence-electron chi connectivity index (χ3n) is 3.04. The number of aliphatic hydroxyl groups is 1. The predicted molar refractivity (Wildman–Crippen MR) is 54.6 cm³/mol. The van der Waals surface area contributed by atoms with Crippen molar-refractivity contribution in [1.29, 1.82) is 0 Å². The van der Waals surface area contributed by atoms with Crippen LogP contribution in [0.25, 0.3) is 0 Å². The molecule has 0 radical (unpaired) electrons. The molecule has 1 fully saturated rings. The van der Waals surface area contributed by atoms with Crippen LogP contribution in [0.1, 0.15) is 31.4 Å². The van der Waals surface area contributed by atoms with Gasteiger partial charge in [0, 0.05) is 12.2 Å². The van der Waals surface area contributed by atoms with E-state index in [1.165, 1.54) is 0 Å². The zero-order chi connectivity index (χ0) is 10.0. The molecule has 0 aliphatic heterocycles. The number of pyridine rings is 1. The van der Waals surface area contributed by atoms with Crippen molar-refractivity contribution in [3.8, 4) is 0 Å². The highest BCUT2D eigenvalue weighted by molar-refractivity contribution is 5.16. The van der Waals surface area contributed by atoms with Crippen molar-refractivity contribution in [2.75, 3.05) is 0 Å². The molecule has 1 aliphatic rings. The zero-order valence-electron chi connectivity index (χ0n) is 8.19. The van der Waals surface area contributed by atoms with Crippen molar-refractivity contribution in [3.05, 3.63) is 30.1 Å². The molecule has 0 spiro atoms. The Morgan fingerprint density at radius 2 is 2.29 bits per heavy atom. The molecule has 1 aromatic rings. The van der Waals surface area contributed by atoms with E-state index in [4.69, 9.17) is 5.73 Å². The lowest BCUT2D eigenvalue weighted by molar-refractivity contribution is -0.0231. The predicted octanol–water partition coefficient (Wildman–Crippen LogP) is 1.17. The van der Waals surface area contributed by atoms with Gasteiger partial charge in [-0.25, -0.2) is 0 Å². The summed E-state index contributed by atoms with van der Waals surface area (Å²) in [5.74, 6) is 0. The Kier molecular flexibility index (Phi) is 2.52. The maximum absolute atomic E-state index is 10.4. The van der Waals surface area contributed by atoms with Gasteiger partial charge in [-0.2, -0.15) is 0 Å². The molecule has 3 heteroatoms. The molecule has 3 N–H and O–H groups in total. The van der Waals surface area contributed by atoms with Gasteiger partial charge >= 0.3 is 0 Å². The van der Waals surface area contributed by atoms with Crippen LogP contribution in [-0.4, -0.2) is 16.1 Å². The van der Waals surface area contributed by atoms with Crippen LogP contribution >= 0.6 is 0 Å². The maximum Gasteiger partial charge on any atom is 0.121 e. The van der Waals surface area contributed by atoms with Gasteiger partial charge in [-0.3, -0.25) is 4.98 Å². The van der Waals surface area contributed by atoms with E-state index in [-0.39, 0.29) is 6.04 Å². The van der Waals surface area contributed by atoms with Crippen LogP contribution < -0.4 is 5.73 Å². The zero-order valence-corrected chi connectivity index (χ0v) is 8.19. The normalized spacial score (nSPS) is 32.9. The van der Waals surface area contributed by atoms with Gasteiger partial charge in [-0.15, -0.1) is 0 Å². The standard InChI is InChI=1S/C11H16N2O/c12-9-5-1-3-7-11(9,14)10-6-2-4-8-13-10/h2,4,6,8-9,14H,1,3,5,7,12H2. The molecule has 1 aliphatic carbocycles. The molecule has 2 atom stereocenters. The van der Waals surface area contributed by atoms with Crippen molar-refractivity contribution < 1.29 is 5.11 Å². The molecule has 1 aromatic heterocycles. The van der Waals surface area contributed by atoms with Gasteiger partial charge in [0.05, 0.1) is 5.69 Å². The lowest BCUT2D eigenvalue weighted by Gasteiger charge is -2.37. The first-order valence-corrected chi connectivity index (χ1v) is 5.13. The van der Waals surface area contributed by atoms with E-state index in [0.717, 1.165) is 25.7 Å². The molecule has 0 amide bonds. The molecule has 1 saturated carbocycles. The molecule has 2 unspecified atom stereocenters. The molecular formula is C11H16N2O. The monoisotopic (exact) mass is 192 g/mol. The van der Waals surface area contributed by atoms with Crippen molar-refractivity contribution in [2.45, 2.75) is 37.3 Å². The lowest BCUT2D eigenvalue weighted by Crippen LogP contribution is -2.48. The first-order valence-electron chi connectivity index (χ1n) is 5.13. The minimum atomic E-state index is -0.903. The van der Waals surface area contributed by atoms with Gasteiger partial charge in [0.15, 0.2) is 0 Å². The van der Waals surface area contributed by atoms with Gasteiger partial charge in [-0.1, -0.05) is 18.9 Å². The van der Waals surface area contributed by atoms with Crippen molar-refractivity contribution in [1.82, 2.24) is 4.98 Å². The molecule has 76 valence electrons. The van der Waals surface area contributed by atoms with Crippen LogP contribution in [-0.2, 0) is 5.60 Å². The maximum atomic E-state index is 10.4. The Morgan fingerprint density at radius 1 is 1.43 bits per heavy atom. The minimum Gasteiger partial charge on any atom is -0.382 e. The average Bonchev–Trinajstić information content (AvgIpc) is 2.24. The molecule has 0 bridgehead atoms. The number of rotatable bonds is 1. The third-order valence-corrected chi connectivity index (χ3v) is 3.04. The summed E-state index contributed by atoms with van der Waals surface area (Å²) in [5.41, 5.74) is 5.77. The summed E-state index contributed by atoms with van der Waals surface area (Å²) in [6, 6.07) is 5.42. The second-order valence-corrected chi connectivity index (χ2v) is 3.99. The first kappa shape index (κ1) is 9.62. The van der Waals surface area contributed by atoms with E-state index < -0.39 is 5.60 Å². The van der Waals surface area contributed by atoms with E-state index in [0.29, 0.717) is 5.69 Å². The number of nitrogens with two attached hydrogens (primary N) is 1. The number of hydrogen-bond acceptors (Lipinski definition) is 3. The van der Waals surface area contributed by atoms with Crippen molar-refractivity contribution in [3.63, 3.8) is 0 Å². The number of aromatic nitrogens is 1. The molecule has 0 aromatic carbocycles. The summed E-state index contributed by atoms with van der Waals surface area (Å²) in [7, 11) is 0. The third kappa shape index (κ3) is 1.53.